The lowest BCUT2D eigenvalue weighted by atomic mass is 10.0. The molecule has 2 aliphatic rings. The summed E-state index contributed by atoms with van der Waals surface area (Å²) in [6, 6.07) is 5.69. The largest absolute Gasteiger partial charge is 0.480 e. The number of benzene rings is 1. The second-order valence-electron chi connectivity index (χ2n) is 9.04. The number of carbonyl (C=O) groups is 3. The number of nitrogens with zero attached hydrogens (tertiary/aromatic N) is 3. The first-order chi connectivity index (χ1) is 16.2. The molecule has 1 saturated carbocycles. The smallest absolute Gasteiger partial charge is 0.325 e. The van der Waals surface area contributed by atoms with Gasteiger partial charge in [-0.2, -0.15) is 5.10 Å². The number of carbonyl (C=O) groups excluding carboxylic acids is 2. The minimum Gasteiger partial charge on any atom is -0.480 e. The molecule has 1 fully saturated rings. The fourth-order valence-corrected chi connectivity index (χ4v) is 3.98. The fraction of sp³-hybridized carbons (Fsp3) is 0.417. The Morgan fingerprint density at radius 3 is 2.74 bits per heavy atom. The van der Waals surface area contributed by atoms with Crippen molar-refractivity contribution in [1.29, 1.82) is 0 Å². The number of halogens is 1. The van der Waals surface area contributed by atoms with Gasteiger partial charge in [0.1, 0.15) is 18.3 Å². The van der Waals surface area contributed by atoms with Crippen molar-refractivity contribution >= 4 is 23.6 Å². The highest BCUT2D eigenvalue weighted by Gasteiger charge is 2.35. The van der Waals surface area contributed by atoms with E-state index in [4.69, 9.17) is 9.84 Å². The van der Waals surface area contributed by atoms with E-state index < -0.39 is 29.6 Å². The van der Waals surface area contributed by atoms with Crippen LogP contribution in [0.2, 0.25) is 0 Å². The number of aliphatic carboxylic acids is 1. The van der Waals surface area contributed by atoms with Crippen LogP contribution in [0.3, 0.4) is 0 Å². The summed E-state index contributed by atoms with van der Waals surface area (Å²) >= 11 is 0. The van der Waals surface area contributed by atoms with Gasteiger partial charge < -0.3 is 20.1 Å². The monoisotopic (exact) mass is 470 g/mol. The van der Waals surface area contributed by atoms with Crippen LogP contribution in [0.5, 0.6) is 5.75 Å². The quantitative estimate of drug-likeness (QED) is 0.552. The first-order valence-corrected chi connectivity index (χ1v) is 11.2. The third kappa shape index (κ3) is 5.44. The lowest BCUT2D eigenvalue weighted by Crippen LogP contribution is -2.46. The third-order valence-corrected chi connectivity index (χ3v) is 5.71. The van der Waals surface area contributed by atoms with Crippen LogP contribution in [0.15, 0.2) is 42.3 Å². The predicted octanol–water partition coefficient (Wildman–Crippen LogP) is 3.14. The van der Waals surface area contributed by atoms with Gasteiger partial charge in [-0.1, -0.05) is 26.0 Å². The second-order valence-corrected chi connectivity index (χ2v) is 9.04. The Labute approximate surface area is 196 Å². The molecule has 0 bridgehead atoms. The normalized spacial score (nSPS) is 16.5. The molecule has 180 valence electrons. The molecule has 9 nitrogen and oxygen atoms in total. The zero-order valence-corrected chi connectivity index (χ0v) is 19.0. The lowest BCUT2D eigenvalue weighted by Gasteiger charge is -2.28. The highest BCUT2D eigenvalue weighted by atomic mass is 19.1. The molecule has 0 spiro atoms. The highest BCUT2D eigenvalue weighted by Crippen LogP contribution is 2.43. The van der Waals surface area contributed by atoms with E-state index in [2.05, 4.69) is 10.4 Å². The van der Waals surface area contributed by atoms with Crippen LogP contribution < -0.4 is 10.1 Å². The van der Waals surface area contributed by atoms with Crippen LogP contribution in [0.1, 0.15) is 44.6 Å². The van der Waals surface area contributed by atoms with Crippen molar-refractivity contribution in [3.8, 4) is 5.75 Å². The van der Waals surface area contributed by atoms with Crippen LogP contribution in [0.4, 0.5) is 10.2 Å². The minimum absolute atomic E-state index is 0.0319. The average molecular weight is 471 g/mol. The van der Waals surface area contributed by atoms with Crippen LogP contribution in [0, 0.1) is 11.7 Å². The summed E-state index contributed by atoms with van der Waals surface area (Å²) < 4.78 is 21.8. The topological polar surface area (TPSA) is 114 Å². The van der Waals surface area contributed by atoms with Crippen molar-refractivity contribution in [1.82, 2.24) is 14.7 Å². The molecule has 34 heavy (non-hydrogen) atoms. The molecule has 0 radical (unpaired) electrons. The molecule has 10 heteroatoms. The number of hydrogen-bond donors (Lipinski definition) is 2. The van der Waals surface area contributed by atoms with Crippen LogP contribution in [0.25, 0.3) is 0 Å². The van der Waals surface area contributed by atoms with Gasteiger partial charge in [0.2, 0.25) is 5.91 Å². The molecule has 1 aliphatic carbocycles. The van der Waals surface area contributed by atoms with Crippen LogP contribution >= 0.6 is 0 Å². The second kappa shape index (κ2) is 9.66. The first-order valence-electron chi connectivity index (χ1n) is 11.2. The van der Waals surface area contributed by atoms with Crippen molar-refractivity contribution in [3.05, 3.63) is 53.7 Å². The summed E-state index contributed by atoms with van der Waals surface area (Å²) in [6.45, 7) is 3.57. The Morgan fingerprint density at radius 1 is 1.29 bits per heavy atom. The third-order valence-electron chi connectivity index (χ3n) is 5.71. The maximum Gasteiger partial charge on any atom is 0.325 e. The SMILES string of the molecule is CC(C)CC(C(=O)Nc1ccn(CC(=O)O)n1)N1CC(Oc2cccc(C3CC3)c2F)=CC1=O. The summed E-state index contributed by atoms with van der Waals surface area (Å²) in [5, 5.41) is 15.6. The number of carboxylic acid groups (broad SMARTS) is 1. The number of anilines is 1. The average Bonchev–Trinajstić information content (AvgIpc) is 3.41. The van der Waals surface area contributed by atoms with Crippen molar-refractivity contribution in [2.75, 3.05) is 11.9 Å². The molecule has 2 heterocycles. The van der Waals surface area contributed by atoms with E-state index in [0.717, 1.165) is 12.8 Å². The zero-order chi connectivity index (χ0) is 24.4. The molecule has 1 aromatic carbocycles. The summed E-state index contributed by atoms with van der Waals surface area (Å²) in [5.41, 5.74) is 0.624. The zero-order valence-electron chi connectivity index (χ0n) is 19.0. The molecular formula is C24H27FN4O5. The number of rotatable bonds is 10. The lowest BCUT2D eigenvalue weighted by molar-refractivity contribution is -0.137. The van der Waals surface area contributed by atoms with E-state index in [1.165, 1.54) is 34.0 Å². The number of ether oxygens (including phenoxy) is 1. The Bertz CT molecular complexity index is 1140. The van der Waals surface area contributed by atoms with Crippen molar-refractivity contribution in [2.24, 2.45) is 5.92 Å². The Balaban J connectivity index is 1.45. The number of carboxylic acids is 1. The van der Waals surface area contributed by atoms with Crippen LogP contribution in [-0.2, 0) is 20.9 Å². The molecule has 1 atom stereocenters. The van der Waals surface area contributed by atoms with Gasteiger partial charge in [0, 0.05) is 18.3 Å². The van der Waals surface area contributed by atoms with E-state index in [1.807, 2.05) is 13.8 Å². The van der Waals surface area contributed by atoms with Crippen molar-refractivity contribution < 1.29 is 28.6 Å². The minimum atomic E-state index is -1.06. The van der Waals surface area contributed by atoms with Gasteiger partial charge in [-0.05, 0) is 42.7 Å². The van der Waals surface area contributed by atoms with E-state index >= 15 is 0 Å². The summed E-state index contributed by atoms with van der Waals surface area (Å²) in [6.07, 6.45) is 5.03. The number of hydrogen-bond acceptors (Lipinski definition) is 5. The summed E-state index contributed by atoms with van der Waals surface area (Å²) in [7, 11) is 0. The Morgan fingerprint density at radius 2 is 2.06 bits per heavy atom. The Kier molecular flexibility index (Phi) is 6.67. The van der Waals surface area contributed by atoms with Gasteiger partial charge in [0.15, 0.2) is 17.4 Å². The maximum atomic E-state index is 14.8. The molecule has 1 aromatic heterocycles. The van der Waals surface area contributed by atoms with E-state index in [1.54, 1.807) is 12.1 Å². The number of nitrogens with one attached hydrogen (secondary N) is 1. The first kappa shape index (κ1) is 23.5. The summed E-state index contributed by atoms with van der Waals surface area (Å²) in [4.78, 5) is 38.1. The maximum absolute atomic E-state index is 14.8. The molecule has 2 N–H and O–H groups in total. The molecule has 1 aliphatic heterocycles. The van der Waals surface area contributed by atoms with Gasteiger partial charge in [0.25, 0.3) is 5.91 Å². The van der Waals surface area contributed by atoms with Crippen LogP contribution in [-0.4, -0.2) is 50.2 Å². The Hall–Kier alpha value is -3.69. The standard InChI is InChI=1S/C24H27FN4O5/c1-14(2)10-18(24(33)26-20-8-9-28(27-20)13-22(31)32)29-12-16(11-21(29)30)34-19-5-3-4-17(23(19)25)15-6-7-15/h3-5,8-9,11,14-15,18H,6-7,10,12-13H2,1-2H3,(H,31,32)(H,26,27,33). The molecular weight excluding hydrogens is 443 g/mol. The molecule has 2 aromatic rings. The number of amides is 2. The van der Waals surface area contributed by atoms with Crippen molar-refractivity contribution in [3.63, 3.8) is 0 Å². The molecule has 2 amide bonds. The molecule has 4 rings (SSSR count). The summed E-state index contributed by atoms with van der Waals surface area (Å²) in [5.74, 6) is -1.46. The van der Waals surface area contributed by atoms with E-state index in [-0.39, 0.29) is 42.3 Å². The van der Waals surface area contributed by atoms with Gasteiger partial charge in [-0.25, -0.2) is 4.39 Å². The van der Waals surface area contributed by atoms with Crippen molar-refractivity contribution in [2.45, 2.75) is 51.6 Å². The van der Waals surface area contributed by atoms with Gasteiger partial charge in [-0.3, -0.25) is 19.1 Å². The van der Waals surface area contributed by atoms with E-state index in [0.29, 0.717) is 12.0 Å². The van der Waals surface area contributed by atoms with Gasteiger partial charge in [0.05, 0.1) is 6.54 Å². The fourth-order valence-electron chi connectivity index (χ4n) is 3.98. The predicted molar refractivity (Wildman–Crippen MR) is 121 cm³/mol. The molecule has 1 unspecified atom stereocenters. The molecule has 0 saturated heterocycles. The van der Waals surface area contributed by atoms with Gasteiger partial charge >= 0.3 is 5.97 Å². The van der Waals surface area contributed by atoms with E-state index in [9.17, 15) is 18.8 Å². The highest BCUT2D eigenvalue weighted by molar-refractivity contribution is 5.99. The van der Waals surface area contributed by atoms with Gasteiger partial charge in [-0.15, -0.1) is 0 Å². The number of aromatic nitrogens is 2.